The molecule has 1 unspecified atom stereocenters. The van der Waals surface area contributed by atoms with E-state index in [4.69, 9.17) is 10.5 Å². The molecule has 1 aromatic heterocycles. The molecule has 0 bridgehead atoms. The van der Waals surface area contributed by atoms with E-state index >= 15 is 0 Å². The lowest BCUT2D eigenvalue weighted by Crippen LogP contribution is -2.19. The molecule has 1 atom stereocenters. The van der Waals surface area contributed by atoms with Crippen LogP contribution in [0.3, 0.4) is 0 Å². The van der Waals surface area contributed by atoms with Crippen molar-refractivity contribution in [3.63, 3.8) is 0 Å². The summed E-state index contributed by atoms with van der Waals surface area (Å²) >= 11 is 0. The molecule has 0 saturated carbocycles. The van der Waals surface area contributed by atoms with E-state index in [1.54, 1.807) is 0 Å². The van der Waals surface area contributed by atoms with Crippen LogP contribution in [-0.4, -0.2) is 27.5 Å². The molecule has 5 nitrogen and oxygen atoms in total. The van der Waals surface area contributed by atoms with Crippen molar-refractivity contribution in [2.24, 2.45) is 5.73 Å². The molecule has 0 radical (unpaired) electrons. The Morgan fingerprint density at radius 3 is 3.31 bits per heavy atom. The van der Waals surface area contributed by atoms with Crippen molar-refractivity contribution in [1.82, 2.24) is 14.8 Å². The number of nitrogens with zero attached hydrogens (tertiary/aromatic N) is 3. The van der Waals surface area contributed by atoms with Crippen LogP contribution in [0.5, 0.6) is 0 Å². The van der Waals surface area contributed by atoms with Gasteiger partial charge in [0.1, 0.15) is 12.2 Å². The number of ether oxygens (including phenoxy) is 1. The topological polar surface area (TPSA) is 66.0 Å². The molecule has 1 aliphatic rings. The van der Waals surface area contributed by atoms with E-state index in [0.29, 0.717) is 12.6 Å². The van der Waals surface area contributed by atoms with Crippen LogP contribution in [0.25, 0.3) is 0 Å². The fourth-order valence-electron chi connectivity index (χ4n) is 1.58. The Balaban J connectivity index is 1.99. The van der Waals surface area contributed by atoms with Gasteiger partial charge in [0.25, 0.3) is 0 Å². The molecule has 1 aromatic rings. The second kappa shape index (κ2) is 3.85. The monoisotopic (exact) mass is 182 g/mol. The molecule has 2 rings (SSSR count). The van der Waals surface area contributed by atoms with Gasteiger partial charge in [-0.15, -0.1) is 0 Å². The van der Waals surface area contributed by atoms with Crippen LogP contribution in [0.15, 0.2) is 6.33 Å². The Morgan fingerprint density at radius 1 is 1.69 bits per heavy atom. The molecule has 0 aliphatic carbocycles. The predicted octanol–water partition coefficient (Wildman–Crippen LogP) is -0.0842. The summed E-state index contributed by atoms with van der Waals surface area (Å²) in [6, 6.07) is 0. The third-order valence-electron chi connectivity index (χ3n) is 2.28. The highest BCUT2D eigenvalue weighted by molar-refractivity contribution is 4.83. The second-order valence-electron chi connectivity index (χ2n) is 3.20. The Bertz CT molecular complexity index is 267. The fraction of sp³-hybridized carbons (Fsp3) is 0.750. The van der Waals surface area contributed by atoms with Crippen LogP contribution in [-0.2, 0) is 17.8 Å². The van der Waals surface area contributed by atoms with Gasteiger partial charge in [-0.05, 0) is 12.8 Å². The molecule has 0 amide bonds. The average Bonchev–Trinajstić information content (AvgIpc) is 2.76. The number of hydrogen-bond donors (Lipinski definition) is 1. The maximum Gasteiger partial charge on any atom is 0.140 e. The van der Waals surface area contributed by atoms with E-state index in [0.717, 1.165) is 31.8 Å². The first kappa shape index (κ1) is 8.65. The zero-order chi connectivity index (χ0) is 9.10. The number of hydrogen-bond acceptors (Lipinski definition) is 4. The lowest BCUT2D eigenvalue weighted by Gasteiger charge is -2.10. The van der Waals surface area contributed by atoms with Crippen LogP contribution < -0.4 is 5.73 Å². The van der Waals surface area contributed by atoms with Crippen LogP contribution in [0.1, 0.15) is 18.7 Å². The Labute approximate surface area is 76.9 Å². The molecule has 2 heterocycles. The first-order chi connectivity index (χ1) is 6.40. The maximum absolute atomic E-state index is 5.51. The van der Waals surface area contributed by atoms with Crippen molar-refractivity contribution >= 4 is 0 Å². The second-order valence-corrected chi connectivity index (χ2v) is 3.20. The maximum atomic E-state index is 5.51. The molecule has 2 N–H and O–H groups in total. The molecule has 0 spiro atoms. The molecule has 13 heavy (non-hydrogen) atoms. The Morgan fingerprint density at radius 2 is 2.62 bits per heavy atom. The van der Waals surface area contributed by atoms with Crippen LogP contribution in [0.4, 0.5) is 0 Å². The minimum absolute atomic E-state index is 0.298. The minimum atomic E-state index is 0.298. The van der Waals surface area contributed by atoms with Crippen molar-refractivity contribution < 1.29 is 4.74 Å². The van der Waals surface area contributed by atoms with Crippen molar-refractivity contribution in [3.05, 3.63) is 12.2 Å². The summed E-state index contributed by atoms with van der Waals surface area (Å²) in [6.45, 7) is 2.09. The van der Waals surface area contributed by atoms with Gasteiger partial charge in [0.2, 0.25) is 0 Å². The molecular weight excluding hydrogens is 168 g/mol. The predicted molar refractivity (Wildman–Crippen MR) is 46.9 cm³/mol. The summed E-state index contributed by atoms with van der Waals surface area (Å²) < 4.78 is 7.33. The summed E-state index contributed by atoms with van der Waals surface area (Å²) in [5.41, 5.74) is 5.51. The minimum Gasteiger partial charge on any atom is -0.376 e. The van der Waals surface area contributed by atoms with Gasteiger partial charge in [0.05, 0.1) is 19.2 Å². The van der Waals surface area contributed by atoms with Gasteiger partial charge in [0, 0.05) is 6.61 Å². The lowest BCUT2D eigenvalue weighted by atomic mass is 10.2. The van der Waals surface area contributed by atoms with Crippen molar-refractivity contribution in [2.75, 3.05) is 6.61 Å². The number of nitrogens with two attached hydrogens (primary N) is 1. The number of rotatable bonds is 3. The Kier molecular flexibility index (Phi) is 2.56. The summed E-state index contributed by atoms with van der Waals surface area (Å²) in [4.78, 5) is 4.05. The van der Waals surface area contributed by atoms with E-state index in [9.17, 15) is 0 Å². The SMILES string of the molecule is NCc1ncnn1CC1CCCO1. The standard InChI is InChI=1S/C8H14N4O/c9-4-8-10-6-11-12(8)5-7-2-1-3-13-7/h6-7H,1-5,9H2. The summed E-state index contributed by atoms with van der Waals surface area (Å²) in [5.74, 6) is 0.829. The van der Waals surface area contributed by atoms with Gasteiger partial charge in [-0.25, -0.2) is 9.67 Å². The molecule has 0 aromatic carbocycles. The van der Waals surface area contributed by atoms with Gasteiger partial charge < -0.3 is 10.5 Å². The summed E-state index contributed by atoms with van der Waals surface area (Å²) in [7, 11) is 0. The largest absolute Gasteiger partial charge is 0.376 e. The van der Waals surface area contributed by atoms with E-state index < -0.39 is 0 Å². The highest BCUT2D eigenvalue weighted by Crippen LogP contribution is 2.13. The fourth-order valence-corrected chi connectivity index (χ4v) is 1.58. The van der Waals surface area contributed by atoms with Gasteiger partial charge in [-0.3, -0.25) is 0 Å². The quantitative estimate of drug-likeness (QED) is 0.709. The van der Waals surface area contributed by atoms with Crippen LogP contribution >= 0.6 is 0 Å². The molecule has 1 aliphatic heterocycles. The third kappa shape index (κ3) is 1.87. The molecule has 1 saturated heterocycles. The first-order valence-electron chi connectivity index (χ1n) is 4.58. The normalized spacial score (nSPS) is 22.4. The zero-order valence-corrected chi connectivity index (χ0v) is 7.52. The van der Waals surface area contributed by atoms with Gasteiger partial charge in [-0.1, -0.05) is 0 Å². The van der Waals surface area contributed by atoms with Crippen LogP contribution in [0, 0.1) is 0 Å². The van der Waals surface area contributed by atoms with E-state index in [1.165, 1.54) is 6.33 Å². The summed E-state index contributed by atoms with van der Waals surface area (Å²) in [6.07, 6.45) is 4.10. The molecule has 1 fully saturated rings. The highest BCUT2D eigenvalue weighted by Gasteiger charge is 2.17. The van der Waals surface area contributed by atoms with Crippen molar-refractivity contribution in [1.29, 1.82) is 0 Å². The smallest absolute Gasteiger partial charge is 0.140 e. The van der Waals surface area contributed by atoms with Gasteiger partial charge >= 0.3 is 0 Å². The number of aromatic nitrogens is 3. The van der Waals surface area contributed by atoms with E-state index in [1.807, 2.05) is 4.68 Å². The highest BCUT2D eigenvalue weighted by atomic mass is 16.5. The first-order valence-corrected chi connectivity index (χ1v) is 4.58. The summed E-state index contributed by atoms with van der Waals surface area (Å²) in [5, 5.41) is 4.10. The van der Waals surface area contributed by atoms with E-state index in [2.05, 4.69) is 10.1 Å². The van der Waals surface area contributed by atoms with Crippen molar-refractivity contribution in [3.8, 4) is 0 Å². The van der Waals surface area contributed by atoms with Crippen LogP contribution in [0.2, 0.25) is 0 Å². The average molecular weight is 182 g/mol. The molecule has 72 valence electrons. The molecule has 5 heteroatoms. The Hall–Kier alpha value is -0.940. The lowest BCUT2D eigenvalue weighted by molar-refractivity contribution is 0.0931. The van der Waals surface area contributed by atoms with Gasteiger partial charge in [-0.2, -0.15) is 5.10 Å². The van der Waals surface area contributed by atoms with Gasteiger partial charge in [0.15, 0.2) is 0 Å². The third-order valence-corrected chi connectivity index (χ3v) is 2.28. The van der Waals surface area contributed by atoms with Crippen molar-refractivity contribution in [2.45, 2.75) is 32.0 Å². The zero-order valence-electron chi connectivity index (χ0n) is 7.52. The molecular formula is C8H14N4O. The van der Waals surface area contributed by atoms with E-state index in [-0.39, 0.29) is 0 Å².